The molecule has 0 bridgehead atoms. The van der Waals surface area contributed by atoms with Gasteiger partial charge < -0.3 is 14.5 Å². The Kier molecular flexibility index (Phi) is 7.07. The molecule has 3 heterocycles. The van der Waals surface area contributed by atoms with Crippen molar-refractivity contribution in [2.45, 2.75) is 32.2 Å². The normalized spacial score (nSPS) is 14.2. The number of aromatic nitrogens is 4. The summed E-state index contributed by atoms with van der Waals surface area (Å²) in [5.41, 5.74) is 3.37. The Labute approximate surface area is 224 Å². The maximum Gasteiger partial charge on any atom is 0.325 e. The van der Waals surface area contributed by atoms with Gasteiger partial charge in [0.15, 0.2) is 0 Å². The lowest BCUT2D eigenvalue weighted by atomic mass is 9.89. The number of carbonyl (C=O) groups is 3. The summed E-state index contributed by atoms with van der Waals surface area (Å²) in [5, 5.41) is 10.6. The summed E-state index contributed by atoms with van der Waals surface area (Å²) in [6, 6.07) is 8.84. The summed E-state index contributed by atoms with van der Waals surface area (Å²) >= 11 is 0. The highest BCUT2D eigenvalue weighted by Gasteiger charge is 2.29. The van der Waals surface area contributed by atoms with E-state index in [1.165, 1.54) is 25.1 Å². The van der Waals surface area contributed by atoms with Gasteiger partial charge in [-0.1, -0.05) is 12.1 Å². The second kappa shape index (κ2) is 10.5. The molecule has 5 rings (SSSR count). The molecule has 1 saturated heterocycles. The van der Waals surface area contributed by atoms with Gasteiger partial charge in [0.05, 0.1) is 30.0 Å². The molecule has 0 N–H and O–H groups in total. The van der Waals surface area contributed by atoms with Gasteiger partial charge in [-0.05, 0) is 36.6 Å². The first-order valence-electron chi connectivity index (χ1n) is 12.8. The second-order valence-corrected chi connectivity index (χ2v) is 10.0. The molecule has 2 aromatic heterocycles. The minimum absolute atomic E-state index is 0.0249. The minimum Gasteiger partial charge on any atom is -0.468 e. The monoisotopic (exact) mass is 534 g/mol. The number of rotatable bonds is 6. The molecule has 0 unspecified atom stereocenters. The van der Waals surface area contributed by atoms with Crippen LogP contribution in [0.2, 0.25) is 0 Å². The van der Waals surface area contributed by atoms with Gasteiger partial charge in [0.25, 0.3) is 0 Å². The van der Waals surface area contributed by atoms with Crippen molar-refractivity contribution < 1.29 is 23.5 Å². The summed E-state index contributed by atoms with van der Waals surface area (Å²) in [6.07, 6.45) is 3.05. The van der Waals surface area contributed by atoms with Crippen LogP contribution in [0.4, 0.5) is 4.39 Å². The lowest BCUT2D eigenvalue weighted by molar-refractivity contribution is -0.146. The first-order valence-corrected chi connectivity index (χ1v) is 12.8. The summed E-state index contributed by atoms with van der Waals surface area (Å²) in [7, 11) is 4.62. The number of likely N-dealkylation sites (N-methyl/N-ethyl adjacent to an activating group) is 1. The van der Waals surface area contributed by atoms with Crippen LogP contribution in [-0.4, -0.2) is 80.9 Å². The quantitative estimate of drug-likeness (QED) is 0.353. The van der Waals surface area contributed by atoms with Gasteiger partial charge in [-0.15, -0.1) is 0 Å². The highest BCUT2D eigenvalue weighted by Crippen LogP contribution is 2.39. The van der Waals surface area contributed by atoms with Crippen LogP contribution in [0.25, 0.3) is 32.9 Å². The number of methoxy groups -OCH3 is 1. The molecule has 2 aromatic carbocycles. The Morgan fingerprint density at radius 2 is 1.87 bits per heavy atom. The molecule has 204 valence electrons. The van der Waals surface area contributed by atoms with E-state index in [-0.39, 0.29) is 36.6 Å². The zero-order valence-electron chi connectivity index (χ0n) is 22.5. The van der Waals surface area contributed by atoms with Gasteiger partial charge in [-0.3, -0.25) is 23.7 Å². The number of halogens is 1. The van der Waals surface area contributed by atoms with Crippen molar-refractivity contribution in [3.63, 3.8) is 0 Å². The number of nitrogens with zero attached hydrogens (tertiary/aromatic N) is 6. The number of aryl methyl sites for hydroxylation is 1. The van der Waals surface area contributed by atoms with Crippen molar-refractivity contribution in [3.05, 3.63) is 48.0 Å². The molecular formula is C28H31FN6O4. The first kappa shape index (κ1) is 26.3. The fourth-order valence-corrected chi connectivity index (χ4v) is 5.33. The van der Waals surface area contributed by atoms with E-state index in [0.717, 1.165) is 16.6 Å². The van der Waals surface area contributed by atoms with Crippen LogP contribution in [-0.2, 0) is 32.7 Å². The van der Waals surface area contributed by atoms with E-state index in [4.69, 9.17) is 5.10 Å². The molecule has 0 atom stereocenters. The molecule has 0 saturated carbocycles. The largest absolute Gasteiger partial charge is 0.468 e. The fraction of sp³-hybridized carbons (Fsp3) is 0.393. The standard InChI is InChI=1S/C28H31FN6O4/c1-17(36)34-10-8-18(9-11-34)28-27-20(21-13-24-19(12-22(21)29)14-30-33(24)3)6-5-7-23(27)35(31-28)15-25(37)32(2)16-26(38)39-4/h5-7,12-14,18H,8-11,15-16H2,1-4H3. The van der Waals surface area contributed by atoms with Crippen molar-refractivity contribution in [3.8, 4) is 11.1 Å². The Hall–Kier alpha value is -4.28. The Morgan fingerprint density at radius 1 is 1.13 bits per heavy atom. The summed E-state index contributed by atoms with van der Waals surface area (Å²) in [5.74, 6) is -1.14. The molecule has 1 aliphatic heterocycles. The number of esters is 1. The third-order valence-corrected chi connectivity index (χ3v) is 7.56. The number of carbonyl (C=O) groups excluding carboxylic acids is 3. The molecular weight excluding hydrogens is 503 g/mol. The van der Waals surface area contributed by atoms with Crippen LogP contribution in [0.5, 0.6) is 0 Å². The molecule has 2 amide bonds. The molecule has 1 fully saturated rings. The molecule has 11 heteroatoms. The van der Waals surface area contributed by atoms with E-state index in [2.05, 4.69) is 9.84 Å². The number of ether oxygens (including phenoxy) is 1. The lowest BCUT2D eigenvalue weighted by Crippen LogP contribution is -2.36. The van der Waals surface area contributed by atoms with Crippen molar-refractivity contribution in [1.82, 2.24) is 29.4 Å². The van der Waals surface area contributed by atoms with Gasteiger partial charge in [-0.25, -0.2) is 4.39 Å². The highest BCUT2D eigenvalue weighted by atomic mass is 19.1. The van der Waals surface area contributed by atoms with E-state index in [0.29, 0.717) is 48.0 Å². The van der Waals surface area contributed by atoms with Crippen LogP contribution in [0.1, 0.15) is 31.4 Å². The van der Waals surface area contributed by atoms with Gasteiger partial charge >= 0.3 is 5.97 Å². The average Bonchev–Trinajstić information content (AvgIpc) is 3.48. The topological polar surface area (TPSA) is 103 Å². The number of amides is 2. The average molecular weight is 535 g/mol. The summed E-state index contributed by atoms with van der Waals surface area (Å²) in [6.45, 7) is 2.50. The van der Waals surface area contributed by atoms with E-state index >= 15 is 4.39 Å². The molecule has 0 spiro atoms. The molecule has 1 aliphatic rings. The lowest BCUT2D eigenvalue weighted by Gasteiger charge is -2.30. The summed E-state index contributed by atoms with van der Waals surface area (Å²) in [4.78, 5) is 39.7. The molecule has 4 aromatic rings. The maximum atomic E-state index is 15.5. The number of likely N-dealkylation sites (tertiary alicyclic amines) is 1. The van der Waals surface area contributed by atoms with Crippen LogP contribution >= 0.6 is 0 Å². The third-order valence-electron chi connectivity index (χ3n) is 7.56. The first-order chi connectivity index (χ1) is 18.7. The van der Waals surface area contributed by atoms with E-state index < -0.39 is 5.97 Å². The molecule has 39 heavy (non-hydrogen) atoms. The van der Waals surface area contributed by atoms with Crippen molar-refractivity contribution in [2.75, 3.05) is 33.8 Å². The third kappa shape index (κ3) is 4.96. The minimum atomic E-state index is -0.516. The number of fused-ring (bicyclic) bond motifs is 2. The van der Waals surface area contributed by atoms with E-state index in [1.54, 1.807) is 28.6 Å². The van der Waals surface area contributed by atoms with Crippen LogP contribution in [0.15, 0.2) is 36.5 Å². The Balaban J connectivity index is 1.62. The Bertz CT molecular complexity index is 1580. The predicted octanol–water partition coefficient (Wildman–Crippen LogP) is 3.09. The molecule has 10 nitrogen and oxygen atoms in total. The predicted molar refractivity (Wildman–Crippen MR) is 143 cm³/mol. The van der Waals surface area contributed by atoms with Crippen LogP contribution in [0.3, 0.4) is 0 Å². The number of hydrogen-bond donors (Lipinski definition) is 0. The van der Waals surface area contributed by atoms with Crippen molar-refractivity contribution in [1.29, 1.82) is 0 Å². The summed E-state index contributed by atoms with van der Waals surface area (Å²) < 4.78 is 23.5. The zero-order chi connectivity index (χ0) is 27.8. The van der Waals surface area contributed by atoms with E-state index in [9.17, 15) is 14.4 Å². The second-order valence-electron chi connectivity index (χ2n) is 10.0. The maximum absolute atomic E-state index is 15.5. The smallest absolute Gasteiger partial charge is 0.325 e. The molecule has 0 aliphatic carbocycles. The van der Waals surface area contributed by atoms with Crippen LogP contribution < -0.4 is 0 Å². The van der Waals surface area contributed by atoms with Crippen LogP contribution in [0, 0.1) is 5.82 Å². The number of piperidine rings is 1. The zero-order valence-corrected chi connectivity index (χ0v) is 22.5. The fourth-order valence-electron chi connectivity index (χ4n) is 5.33. The van der Waals surface area contributed by atoms with Gasteiger partial charge in [0.1, 0.15) is 18.9 Å². The Morgan fingerprint density at radius 3 is 2.56 bits per heavy atom. The van der Waals surface area contributed by atoms with Gasteiger partial charge in [0.2, 0.25) is 11.8 Å². The molecule has 0 radical (unpaired) electrons. The van der Waals surface area contributed by atoms with E-state index in [1.807, 2.05) is 30.1 Å². The number of benzene rings is 2. The van der Waals surface area contributed by atoms with Gasteiger partial charge in [-0.2, -0.15) is 10.2 Å². The SMILES string of the molecule is COC(=O)CN(C)C(=O)Cn1nc(C2CCN(C(C)=O)CC2)c2c(-c3cc4c(cnn4C)cc3F)cccc21. The van der Waals surface area contributed by atoms with Gasteiger partial charge in [0, 0.05) is 56.4 Å². The van der Waals surface area contributed by atoms with Crippen molar-refractivity contribution in [2.24, 2.45) is 7.05 Å². The van der Waals surface area contributed by atoms with Crippen molar-refractivity contribution >= 4 is 39.6 Å². The number of hydrogen-bond acceptors (Lipinski definition) is 6. The highest BCUT2D eigenvalue weighted by molar-refractivity contribution is 6.00.